The normalized spacial score (nSPS) is 13.9. The number of imidazole rings is 1. The fourth-order valence-corrected chi connectivity index (χ4v) is 6.10. The fourth-order valence-electron chi connectivity index (χ4n) is 4.99. The van der Waals surface area contributed by atoms with E-state index in [-0.39, 0.29) is 0 Å². The minimum Gasteiger partial charge on any atom is -0.368 e. The quantitative estimate of drug-likeness (QED) is 0.215. The smallest absolute Gasteiger partial charge is 0.170 e. The highest BCUT2D eigenvalue weighted by molar-refractivity contribution is 7.99. The lowest BCUT2D eigenvalue weighted by Gasteiger charge is -2.35. The molecule has 4 heterocycles. The molecule has 0 aliphatic carbocycles. The molecule has 1 fully saturated rings. The van der Waals surface area contributed by atoms with Crippen LogP contribution in [0.5, 0.6) is 0 Å². The largest absolute Gasteiger partial charge is 0.368 e. The predicted molar refractivity (Wildman–Crippen MR) is 166 cm³/mol. The van der Waals surface area contributed by atoms with Gasteiger partial charge in [-0.15, -0.1) is 0 Å². The van der Waals surface area contributed by atoms with Gasteiger partial charge < -0.3 is 20.1 Å². The molecule has 0 spiro atoms. The zero-order valence-electron chi connectivity index (χ0n) is 22.9. The van der Waals surface area contributed by atoms with E-state index in [1.54, 1.807) is 6.20 Å². The van der Waals surface area contributed by atoms with Gasteiger partial charge in [0.1, 0.15) is 6.07 Å². The van der Waals surface area contributed by atoms with Crippen LogP contribution in [0.4, 0.5) is 17.1 Å². The van der Waals surface area contributed by atoms with Gasteiger partial charge in [0.2, 0.25) is 0 Å². The van der Waals surface area contributed by atoms with Crippen LogP contribution in [0.2, 0.25) is 5.02 Å². The lowest BCUT2D eigenvalue weighted by atomic mass is 10.0. The second-order valence-corrected chi connectivity index (χ2v) is 11.4. The third-order valence-electron chi connectivity index (χ3n) is 7.31. The van der Waals surface area contributed by atoms with E-state index < -0.39 is 0 Å². The van der Waals surface area contributed by atoms with Gasteiger partial charge in [0, 0.05) is 60.1 Å². The topological polar surface area (TPSA) is 96.8 Å². The molecule has 0 bridgehead atoms. The van der Waals surface area contributed by atoms with Crippen molar-refractivity contribution in [2.45, 2.75) is 23.9 Å². The highest BCUT2D eigenvalue weighted by Crippen LogP contribution is 2.36. The number of hydrogen-bond donors (Lipinski definition) is 2. The summed E-state index contributed by atoms with van der Waals surface area (Å²) >= 11 is 8.08. The zero-order chi connectivity index (χ0) is 28.3. The molecule has 1 saturated heterocycles. The average molecular weight is 581 g/mol. The van der Waals surface area contributed by atoms with Gasteiger partial charge in [0.25, 0.3) is 0 Å². The Bertz CT molecular complexity index is 1740. The molecule has 1 aliphatic heterocycles. The third kappa shape index (κ3) is 5.86. The Morgan fingerprint density at radius 3 is 2.59 bits per heavy atom. The first-order valence-electron chi connectivity index (χ1n) is 13.5. The number of anilines is 3. The Balaban J connectivity index is 1.24. The molecule has 0 atom stereocenters. The number of piperazine rings is 1. The van der Waals surface area contributed by atoms with Gasteiger partial charge in [-0.25, -0.2) is 4.98 Å². The first-order chi connectivity index (χ1) is 20.0. The van der Waals surface area contributed by atoms with Crippen LogP contribution in [0.1, 0.15) is 18.2 Å². The van der Waals surface area contributed by atoms with Crippen molar-refractivity contribution in [3.05, 3.63) is 83.4 Å². The number of aromatic amines is 1. The summed E-state index contributed by atoms with van der Waals surface area (Å²) in [5, 5.41) is 15.5. The minimum atomic E-state index is 0.455. The summed E-state index contributed by atoms with van der Waals surface area (Å²) in [4.78, 5) is 22.7. The van der Waals surface area contributed by atoms with Crippen molar-refractivity contribution in [1.29, 1.82) is 5.26 Å². The number of H-pyrrole nitrogens is 1. The number of fused-ring (bicyclic) bond motifs is 1. The van der Waals surface area contributed by atoms with E-state index in [1.165, 1.54) is 11.8 Å². The average Bonchev–Trinajstić information content (AvgIpc) is 3.42. The monoisotopic (exact) mass is 580 g/mol. The van der Waals surface area contributed by atoms with E-state index in [9.17, 15) is 5.26 Å². The van der Waals surface area contributed by atoms with Crippen LogP contribution >= 0.6 is 23.4 Å². The maximum Gasteiger partial charge on any atom is 0.170 e. The van der Waals surface area contributed by atoms with E-state index in [1.807, 2.05) is 55.7 Å². The standard InChI is InChI=1S/C31H29ClN8S/c1-3-39-10-12-40(13-11-39)24-6-8-27(35-19-24)21-4-7-25-28(14-21)34-18-22(16-33)30(25)38-23-5-9-29(26(32)15-23)41-31-36-17-20(2)37-31/h4-9,14-15,17-19H,3,10-13H2,1-2H3,(H,34,38)(H,36,37). The lowest BCUT2D eigenvalue weighted by molar-refractivity contribution is 0.271. The molecule has 1 aliphatic rings. The molecule has 41 heavy (non-hydrogen) atoms. The lowest BCUT2D eigenvalue weighted by Crippen LogP contribution is -2.46. The number of nitrogens with one attached hydrogen (secondary N) is 2. The van der Waals surface area contributed by atoms with Gasteiger partial charge in [-0.2, -0.15) is 5.26 Å². The summed E-state index contributed by atoms with van der Waals surface area (Å²) in [6.45, 7) is 9.43. The number of benzene rings is 2. The van der Waals surface area contributed by atoms with Gasteiger partial charge in [0.05, 0.1) is 45.1 Å². The number of nitriles is 1. The second-order valence-electron chi connectivity index (χ2n) is 9.93. The molecule has 3 aromatic heterocycles. The third-order valence-corrected chi connectivity index (χ3v) is 8.71. The Morgan fingerprint density at radius 2 is 1.90 bits per heavy atom. The maximum absolute atomic E-state index is 9.83. The number of nitrogens with zero attached hydrogens (tertiary/aromatic N) is 6. The highest BCUT2D eigenvalue weighted by atomic mass is 35.5. The Kier molecular flexibility index (Phi) is 7.79. The van der Waals surface area contributed by atoms with E-state index in [4.69, 9.17) is 16.6 Å². The number of aromatic nitrogens is 4. The Labute approximate surface area is 248 Å². The van der Waals surface area contributed by atoms with Gasteiger partial charge in [-0.1, -0.05) is 36.4 Å². The minimum absolute atomic E-state index is 0.455. The zero-order valence-corrected chi connectivity index (χ0v) is 24.4. The molecule has 0 radical (unpaired) electrons. The molecule has 2 aromatic carbocycles. The first kappa shape index (κ1) is 27.1. The number of pyridine rings is 2. The SMILES string of the molecule is CCN1CCN(c2ccc(-c3ccc4c(Nc5ccc(Sc6nc(C)c[nH]6)c(Cl)c5)c(C#N)cnc4c3)nc2)CC1. The fraction of sp³-hybridized carbons (Fsp3) is 0.226. The summed E-state index contributed by atoms with van der Waals surface area (Å²) in [5.41, 5.74) is 6.63. The molecule has 8 nitrogen and oxygen atoms in total. The number of rotatable bonds is 7. The Morgan fingerprint density at radius 1 is 1.05 bits per heavy atom. The van der Waals surface area contributed by atoms with Crippen LogP contribution in [0.3, 0.4) is 0 Å². The van der Waals surface area contributed by atoms with Crippen molar-refractivity contribution in [3.63, 3.8) is 0 Å². The van der Waals surface area contributed by atoms with Crippen LogP contribution in [0.25, 0.3) is 22.2 Å². The Hall–Kier alpha value is -4.10. The number of aryl methyl sites for hydroxylation is 1. The van der Waals surface area contributed by atoms with Gasteiger partial charge >= 0.3 is 0 Å². The second kappa shape index (κ2) is 11.8. The predicted octanol–water partition coefficient (Wildman–Crippen LogP) is 6.89. The molecule has 6 rings (SSSR count). The van der Waals surface area contributed by atoms with Crippen molar-refractivity contribution in [2.24, 2.45) is 0 Å². The molecular weight excluding hydrogens is 552 g/mol. The number of halogens is 1. The highest BCUT2D eigenvalue weighted by Gasteiger charge is 2.17. The van der Waals surface area contributed by atoms with Crippen LogP contribution in [-0.2, 0) is 0 Å². The molecule has 0 amide bonds. The maximum atomic E-state index is 9.83. The molecule has 10 heteroatoms. The first-order valence-corrected chi connectivity index (χ1v) is 14.7. The summed E-state index contributed by atoms with van der Waals surface area (Å²) in [5.74, 6) is 0. The summed E-state index contributed by atoms with van der Waals surface area (Å²) in [6, 6.07) is 18.3. The van der Waals surface area contributed by atoms with Crippen LogP contribution in [0, 0.1) is 18.3 Å². The van der Waals surface area contributed by atoms with Gasteiger partial charge in [0.15, 0.2) is 5.16 Å². The van der Waals surface area contributed by atoms with Gasteiger partial charge in [-0.3, -0.25) is 9.97 Å². The molecule has 0 saturated carbocycles. The summed E-state index contributed by atoms with van der Waals surface area (Å²) < 4.78 is 0. The molecular formula is C31H29ClN8S. The van der Waals surface area contributed by atoms with Crippen molar-refractivity contribution >= 4 is 51.3 Å². The molecule has 206 valence electrons. The van der Waals surface area contributed by atoms with Crippen LogP contribution in [-0.4, -0.2) is 57.6 Å². The van der Waals surface area contributed by atoms with E-state index in [0.29, 0.717) is 16.3 Å². The van der Waals surface area contributed by atoms with E-state index in [0.717, 1.165) is 82.0 Å². The number of hydrogen-bond acceptors (Lipinski definition) is 8. The molecule has 5 aromatic rings. The summed E-state index contributed by atoms with van der Waals surface area (Å²) in [7, 11) is 0. The van der Waals surface area contributed by atoms with Crippen molar-refractivity contribution in [2.75, 3.05) is 42.9 Å². The van der Waals surface area contributed by atoms with Crippen molar-refractivity contribution in [1.82, 2.24) is 24.8 Å². The van der Waals surface area contributed by atoms with Crippen molar-refractivity contribution < 1.29 is 0 Å². The molecule has 2 N–H and O–H groups in total. The van der Waals surface area contributed by atoms with E-state index in [2.05, 4.69) is 55.2 Å². The van der Waals surface area contributed by atoms with E-state index >= 15 is 0 Å². The van der Waals surface area contributed by atoms with Gasteiger partial charge in [-0.05, 0) is 55.9 Å². The number of likely N-dealkylation sites (N-methyl/N-ethyl adjacent to an activating group) is 1. The van der Waals surface area contributed by atoms with Crippen LogP contribution < -0.4 is 10.2 Å². The van der Waals surface area contributed by atoms with Crippen LogP contribution in [0.15, 0.2) is 77.2 Å². The summed E-state index contributed by atoms with van der Waals surface area (Å²) in [6.07, 6.45) is 5.42. The van der Waals surface area contributed by atoms with Crippen molar-refractivity contribution in [3.8, 4) is 17.3 Å². The molecule has 0 unspecified atom stereocenters.